The van der Waals surface area contributed by atoms with Gasteiger partial charge in [-0.2, -0.15) is 0 Å². The predicted octanol–water partition coefficient (Wildman–Crippen LogP) is 1.56. The van der Waals surface area contributed by atoms with Crippen LogP contribution in [0.15, 0.2) is 24.3 Å². The Labute approximate surface area is 111 Å². The van der Waals surface area contributed by atoms with Gasteiger partial charge < -0.3 is 14.6 Å². The molecule has 1 unspecified atom stereocenters. The molecule has 1 atom stereocenters. The minimum absolute atomic E-state index is 0.408. The summed E-state index contributed by atoms with van der Waals surface area (Å²) in [4.78, 5) is 0. The van der Waals surface area contributed by atoms with E-state index in [2.05, 4.69) is 28.8 Å². The Morgan fingerprint density at radius 1 is 1.39 bits per heavy atom. The van der Waals surface area contributed by atoms with Crippen molar-refractivity contribution in [2.75, 3.05) is 20.8 Å². The Hall–Kier alpha value is -0.723. The maximum absolute atomic E-state index is 5.71. The van der Waals surface area contributed by atoms with Crippen molar-refractivity contribution < 1.29 is 8.85 Å². The standard InChI is InChI=1S/C13H21N2O2Si/c1-16-18(17-2)15-8-4-7-13(15)12-6-3-5-11(9-12)10-14/h3,5-6,9,13H,4,7-8,10,14H2,1-2H3. The lowest BCUT2D eigenvalue weighted by molar-refractivity contribution is 0.191. The molecule has 0 bridgehead atoms. The van der Waals surface area contributed by atoms with Crippen LogP contribution in [-0.2, 0) is 15.4 Å². The zero-order valence-electron chi connectivity index (χ0n) is 11.1. The fourth-order valence-corrected chi connectivity index (χ4v) is 4.09. The fourth-order valence-electron chi connectivity index (χ4n) is 2.58. The molecule has 2 rings (SSSR count). The first-order chi connectivity index (χ1) is 8.80. The summed E-state index contributed by atoms with van der Waals surface area (Å²) in [7, 11) is 2.14. The minimum Gasteiger partial charge on any atom is -0.384 e. The van der Waals surface area contributed by atoms with Crippen LogP contribution in [0.3, 0.4) is 0 Å². The lowest BCUT2D eigenvalue weighted by atomic mass is 10.0. The van der Waals surface area contributed by atoms with E-state index in [4.69, 9.17) is 14.6 Å². The van der Waals surface area contributed by atoms with Crippen LogP contribution in [0.5, 0.6) is 0 Å². The average molecular weight is 265 g/mol. The van der Waals surface area contributed by atoms with Crippen molar-refractivity contribution in [3.8, 4) is 0 Å². The van der Waals surface area contributed by atoms with E-state index in [1.807, 2.05) is 0 Å². The summed E-state index contributed by atoms with van der Waals surface area (Å²) in [5.41, 5.74) is 8.22. The number of hydrogen-bond donors (Lipinski definition) is 1. The molecule has 18 heavy (non-hydrogen) atoms. The third-order valence-corrected chi connectivity index (χ3v) is 5.11. The van der Waals surface area contributed by atoms with Crippen LogP contribution in [0.1, 0.15) is 30.0 Å². The molecule has 1 heterocycles. The van der Waals surface area contributed by atoms with Gasteiger partial charge in [-0.25, -0.2) is 0 Å². The highest BCUT2D eigenvalue weighted by Crippen LogP contribution is 2.33. The molecule has 0 spiro atoms. The number of hydrogen-bond acceptors (Lipinski definition) is 4. The van der Waals surface area contributed by atoms with Crippen molar-refractivity contribution in [1.82, 2.24) is 4.57 Å². The fraction of sp³-hybridized carbons (Fsp3) is 0.538. The first-order valence-electron chi connectivity index (χ1n) is 6.30. The van der Waals surface area contributed by atoms with E-state index >= 15 is 0 Å². The smallest absolute Gasteiger partial charge is 0.384 e. The van der Waals surface area contributed by atoms with Gasteiger partial charge >= 0.3 is 9.45 Å². The monoisotopic (exact) mass is 265 g/mol. The summed E-state index contributed by atoms with van der Waals surface area (Å²) < 4.78 is 13.3. The molecule has 1 fully saturated rings. The maximum Gasteiger partial charge on any atom is 0.491 e. The summed E-state index contributed by atoms with van der Waals surface area (Å²) in [5, 5.41) is 0. The molecule has 1 aromatic rings. The first kappa shape index (κ1) is 13.7. The molecule has 1 saturated heterocycles. The molecule has 5 heteroatoms. The summed E-state index contributed by atoms with van der Waals surface area (Å²) >= 11 is 0. The van der Waals surface area contributed by atoms with Gasteiger partial charge in [-0.05, 0) is 30.5 Å². The number of nitrogens with two attached hydrogens (primary N) is 1. The van der Waals surface area contributed by atoms with E-state index < -0.39 is 9.45 Å². The van der Waals surface area contributed by atoms with Gasteiger partial charge in [0.1, 0.15) is 0 Å². The maximum atomic E-state index is 5.71. The zero-order valence-corrected chi connectivity index (χ0v) is 12.1. The molecule has 1 aliphatic heterocycles. The van der Waals surface area contributed by atoms with Gasteiger partial charge in [0.05, 0.1) is 0 Å². The molecule has 1 aliphatic rings. The highest BCUT2D eigenvalue weighted by molar-refractivity contribution is 6.41. The number of nitrogens with zero attached hydrogens (tertiary/aromatic N) is 1. The highest BCUT2D eigenvalue weighted by Gasteiger charge is 2.35. The van der Waals surface area contributed by atoms with Crippen LogP contribution in [0.4, 0.5) is 0 Å². The highest BCUT2D eigenvalue weighted by atomic mass is 28.3. The van der Waals surface area contributed by atoms with Crippen molar-refractivity contribution >= 4 is 9.45 Å². The Kier molecular flexibility index (Phi) is 4.91. The van der Waals surface area contributed by atoms with Gasteiger partial charge in [0.2, 0.25) is 0 Å². The van der Waals surface area contributed by atoms with E-state index in [9.17, 15) is 0 Å². The molecule has 1 aromatic carbocycles. The van der Waals surface area contributed by atoms with Crippen LogP contribution in [-0.4, -0.2) is 34.8 Å². The average Bonchev–Trinajstić information content (AvgIpc) is 2.90. The normalized spacial score (nSPS) is 20.8. The molecule has 0 amide bonds. The number of rotatable bonds is 5. The molecule has 4 nitrogen and oxygen atoms in total. The van der Waals surface area contributed by atoms with Gasteiger partial charge in [0.15, 0.2) is 0 Å². The van der Waals surface area contributed by atoms with Crippen LogP contribution in [0.2, 0.25) is 0 Å². The van der Waals surface area contributed by atoms with E-state index in [1.54, 1.807) is 14.2 Å². The first-order valence-corrected chi connectivity index (χ1v) is 7.57. The number of benzene rings is 1. The second-order valence-electron chi connectivity index (χ2n) is 4.47. The summed E-state index contributed by atoms with van der Waals surface area (Å²) in [6, 6.07) is 8.94. The molecule has 2 N–H and O–H groups in total. The Morgan fingerprint density at radius 2 is 2.17 bits per heavy atom. The van der Waals surface area contributed by atoms with Crippen molar-refractivity contribution in [2.24, 2.45) is 5.73 Å². The molecule has 0 aromatic heterocycles. The molecule has 0 saturated carbocycles. The topological polar surface area (TPSA) is 47.7 Å². The Balaban J connectivity index is 2.19. The second-order valence-corrected chi connectivity index (χ2v) is 6.40. The summed E-state index contributed by atoms with van der Waals surface area (Å²) in [6.07, 6.45) is 2.35. The van der Waals surface area contributed by atoms with Crippen molar-refractivity contribution in [3.05, 3.63) is 35.4 Å². The van der Waals surface area contributed by atoms with Crippen molar-refractivity contribution in [3.63, 3.8) is 0 Å². The van der Waals surface area contributed by atoms with Gasteiger partial charge in [0.25, 0.3) is 0 Å². The summed E-state index contributed by atoms with van der Waals surface area (Å²) in [6.45, 7) is 1.64. The predicted molar refractivity (Wildman–Crippen MR) is 72.8 cm³/mol. The van der Waals surface area contributed by atoms with Crippen LogP contribution in [0, 0.1) is 0 Å². The molecular weight excluding hydrogens is 244 g/mol. The lowest BCUT2D eigenvalue weighted by Gasteiger charge is -2.28. The van der Waals surface area contributed by atoms with Gasteiger partial charge in [0, 0.05) is 26.8 Å². The van der Waals surface area contributed by atoms with E-state index in [-0.39, 0.29) is 0 Å². The third-order valence-electron chi connectivity index (χ3n) is 3.41. The SMILES string of the molecule is CO[Si](OC)N1CCCC1c1cccc(CN)c1. The zero-order chi connectivity index (χ0) is 13.0. The Morgan fingerprint density at radius 3 is 2.83 bits per heavy atom. The molecular formula is C13H21N2O2Si. The molecule has 0 aliphatic carbocycles. The van der Waals surface area contributed by atoms with E-state index in [0.717, 1.165) is 13.0 Å². The molecule has 99 valence electrons. The van der Waals surface area contributed by atoms with Crippen LogP contribution in [0.25, 0.3) is 0 Å². The van der Waals surface area contributed by atoms with Crippen molar-refractivity contribution in [1.29, 1.82) is 0 Å². The van der Waals surface area contributed by atoms with Crippen LogP contribution < -0.4 is 5.73 Å². The third kappa shape index (κ3) is 2.81. The van der Waals surface area contributed by atoms with E-state index in [0.29, 0.717) is 12.6 Å². The second kappa shape index (κ2) is 6.45. The van der Waals surface area contributed by atoms with Gasteiger partial charge in [-0.15, -0.1) is 0 Å². The summed E-state index contributed by atoms with van der Waals surface area (Å²) in [5.74, 6) is 0. The van der Waals surface area contributed by atoms with Gasteiger partial charge in [-0.3, -0.25) is 4.57 Å². The van der Waals surface area contributed by atoms with Crippen LogP contribution >= 0.6 is 0 Å². The molecule has 1 radical (unpaired) electrons. The van der Waals surface area contributed by atoms with E-state index in [1.165, 1.54) is 17.5 Å². The largest absolute Gasteiger partial charge is 0.491 e. The lowest BCUT2D eigenvalue weighted by Crippen LogP contribution is -2.42. The Bertz CT molecular complexity index is 385. The van der Waals surface area contributed by atoms with Crippen molar-refractivity contribution in [2.45, 2.75) is 25.4 Å². The minimum atomic E-state index is -1.31. The van der Waals surface area contributed by atoms with Gasteiger partial charge in [-0.1, -0.05) is 24.3 Å². The quantitative estimate of drug-likeness (QED) is 0.821.